The largest absolute Gasteiger partial charge is 0.355 e. The number of nitrogens with zero attached hydrogens (tertiary/aromatic N) is 5. The van der Waals surface area contributed by atoms with Gasteiger partial charge in [0.15, 0.2) is 0 Å². The highest BCUT2D eigenvalue weighted by molar-refractivity contribution is 5.87. The molecule has 1 spiro atoms. The van der Waals surface area contributed by atoms with Gasteiger partial charge in [-0.05, 0) is 18.9 Å². The van der Waals surface area contributed by atoms with Crippen LogP contribution in [0.25, 0.3) is 11.0 Å². The fourth-order valence-electron chi connectivity index (χ4n) is 3.89. The average molecular weight is 310 g/mol. The monoisotopic (exact) mass is 310 g/mol. The van der Waals surface area contributed by atoms with E-state index < -0.39 is 0 Å². The molecule has 7 heteroatoms. The number of aromatic nitrogens is 3. The molecule has 2 fully saturated rings. The van der Waals surface area contributed by atoms with Gasteiger partial charge in [-0.2, -0.15) is 5.26 Å². The first-order valence-corrected chi connectivity index (χ1v) is 7.89. The number of amides is 1. The molecular weight excluding hydrogens is 292 g/mol. The molecule has 0 aliphatic carbocycles. The van der Waals surface area contributed by atoms with Gasteiger partial charge in [-0.25, -0.2) is 9.97 Å². The summed E-state index contributed by atoms with van der Waals surface area (Å²) in [5.41, 5.74) is 0.992. The van der Waals surface area contributed by atoms with Gasteiger partial charge in [0.2, 0.25) is 5.91 Å². The maximum absolute atomic E-state index is 11.9. The number of aromatic amines is 1. The molecule has 4 rings (SSSR count). The number of carbonyl (C=O) groups excluding carboxylic acids is 1. The second-order valence-corrected chi connectivity index (χ2v) is 6.51. The lowest BCUT2D eigenvalue weighted by Crippen LogP contribution is -2.34. The molecule has 0 aromatic carbocycles. The molecule has 2 aliphatic heterocycles. The molecule has 0 saturated carbocycles. The molecule has 7 nitrogen and oxygen atoms in total. The third-order valence-corrected chi connectivity index (χ3v) is 5.09. The lowest BCUT2D eigenvalue weighted by atomic mass is 9.86. The van der Waals surface area contributed by atoms with E-state index in [1.54, 1.807) is 6.33 Å². The fraction of sp³-hybridized carbons (Fsp3) is 0.500. The summed E-state index contributed by atoms with van der Waals surface area (Å²) in [4.78, 5) is 27.9. The van der Waals surface area contributed by atoms with Crippen molar-refractivity contribution in [2.75, 3.05) is 31.1 Å². The van der Waals surface area contributed by atoms with E-state index in [0.29, 0.717) is 0 Å². The van der Waals surface area contributed by atoms with Crippen LogP contribution >= 0.6 is 0 Å². The Balaban J connectivity index is 1.53. The van der Waals surface area contributed by atoms with Crippen LogP contribution < -0.4 is 4.90 Å². The maximum Gasteiger partial charge on any atom is 0.236 e. The number of nitrogens with one attached hydrogen (secondary N) is 1. The molecule has 23 heavy (non-hydrogen) atoms. The Labute approximate surface area is 133 Å². The van der Waals surface area contributed by atoms with Crippen LogP contribution in [0.5, 0.6) is 0 Å². The van der Waals surface area contributed by atoms with E-state index in [1.165, 1.54) is 0 Å². The Morgan fingerprint density at radius 2 is 2.22 bits per heavy atom. The van der Waals surface area contributed by atoms with Crippen LogP contribution in [0.15, 0.2) is 18.6 Å². The molecule has 2 aromatic heterocycles. The summed E-state index contributed by atoms with van der Waals surface area (Å²) >= 11 is 0. The fourth-order valence-corrected chi connectivity index (χ4v) is 3.89. The molecule has 1 amide bonds. The number of anilines is 1. The summed E-state index contributed by atoms with van der Waals surface area (Å²) in [5, 5.41) is 9.74. The van der Waals surface area contributed by atoms with Gasteiger partial charge >= 0.3 is 0 Å². The van der Waals surface area contributed by atoms with Crippen molar-refractivity contribution in [3.8, 4) is 6.07 Å². The van der Waals surface area contributed by atoms with Crippen LogP contribution in [-0.4, -0.2) is 51.9 Å². The summed E-state index contributed by atoms with van der Waals surface area (Å²) in [6, 6.07) is 3.96. The number of hydrogen-bond donors (Lipinski definition) is 1. The topological polar surface area (TPSA) is 88.9 Å². The summed E-state index contributed by atoms with van der Waals surface area (Å²) in [5.74, 6) is 0.924. The molecule has 1 N–H and O–H groups in total. The third-order valence-electron chi connectivity index (χ3n) is 5.09. The molecule has 1 atom stereocenters. The minimum absolute atomic E-state index is 0.0182. The SMILES string of the molecule is N#CCC(=O)N1CCC2(CCN(c3ncnc4[nH]ccc34)C2)C1. The molecule has 118 valence electrons. The minimum Gasteiger partial charge on any atom is -0.355 e. The van der Waals surface area contributed by atoms with Crippen LogP contribution in [0, 0.1) is 16.7 Å². The smallest absolute Gasteiger partial charge is 0.236 e. The molecule has 0 radical (unpaired) electrons. The lowest BCUT2D eigenvalue weighted by molar-refractivity contribution is -0.129. The molecule has 1 unspecified atom stereocenters. The van der Waals surface area contributed by atoms with E-state index in [4.69, 9.17) is 5.26 Å². The Morgan fingerprint density at radius 1 is 1.35 bits per heavy atom. The third kappa shape index (κ3) is 2.31. The van der Waals surface area contributed by atoms with Crippen molar-refractivity contribution in [2.45, 2.75) is 19.3 Å². The van der Waals surface area contributed by atoms with Crippen molar-refractivity contribution in [1.82, 2.24) is 19.9 Å². The van der Waals surface area contributed by atoms with Gasteiger partial charge < -0.3 is 14.8 Å². The van der Waals surface area contributed by atoms with E-state index in [9.17, 15) is 4.79 Å². The Hall–Kier alpha value is -2.62. The van der Waals surface area contributed by atoms with Gasteiger partial charge in [0.1, 0.15) is 24.2 Å². The summed E-state index contributed by atoms with van der Waals surface area (Å²) in [6.07, 6.45) is 5.51. The van der Waals surface area contributed by atoms with Crippen LogP contribution in [-0.2, 0) is 4.79 Å². The first-order chi connectivity index (χ1) is 11.2. The predicted molar refractivity (Wildman–Crippen MR) is 84.6 cm³/mol. The van der Waals surface area contributed by atoms with Crippen LogP contribution in [0.1, 0.15) is 19.3 Å². The van der Waals surface area contributed by atoms with Crippen molar-refractivity contribution in [3.63, 3.8) is 0 Å². The first-order valence-electron chi connectivity index (χ1n) is 7.89. The molecule has 2 aromatic rings. The highest BCUT2D eigenvalue weighted by Crippen LogP contribution is 2.41. The zero-order chi connectivity index (χ0) is 15.9. The molecule has 4 heterocycles. The van der Waals surface area contributed by atoms with E-state index in [-0.39, 0.29) is 17.7 Å². The zero-order valence-electron chi connectivity index (χ0n) is 12.8. The number of likely N-dealkylation sites (tertiary alicyclic amines) is 1. The summed E-state index contributed by atoms with van der Waals surface area (Å²) in [6.45, 7) is 3.36. The zero-order valence-corrected chi connectivity index (χ0v) is 12.8. The van der Waals surface area contributed by atoms with Gasteiger partial charge in [0.25, 0.3) is 0 Å². The van der Waals surface area contributed by atoms with E-state index in [0.717, 1.165) is 55.9 Å². The predicted octanol–water partition coefficient (Wildman–Crippen LogP) is 1.30. The number of H-pyrrole nitrogens is 1. The van der Waals surface area contributed by atoms with Crippen LogP contribution in [0.2, 0.25) is 0 Å². The number of hydrogen-bond acceptors (Lipinski definition) is 5. The number of rotatable bonds is 2. The highest BCUT2D eigenvalue weighted by atomic mass is 16.2. The quantitative estimate of drug-likeness (QED) is 0.903. The molecule has 2 saturated heterocycles. The second-order valence-electron chi connectivity index (χ2n) is 6.51. The van der Waals surface area contributed by atoms with Crippen LogP contribution in [0.3, 0.4) is 0 Å². The van der Waals surface area contributed by atoms with Gasteiger partial charge in [-0.1, -0.05) is 0 Å². The van der Waals surface area contributed by atoms with Crippen LogP contribution in [0.4, 0.5) is 5.82 Å². The van der Waals surface area contributed by atoms with Crippen molar-refractivity contribution in [1.29, 1.82) is 5.26 Å². The Kier molecular flexibility index (Phi) is 3.18. The number of nitriles is 1. The number of fused-ring (bicyclic) bond motifs is 1. The van der Waals surface area contributed by atoms with Crippen molar-refractivity contribution < 1.29 is 4.79 Å². The minimum atomic E-state index is -0.0436. The molecular formula is C16H18N6O. The standard InChI is InChI=1S/C16H18N6O/c17-5-1-13(23)21-7-3-16(9-21)4-8-22(10-16)15-12-2-6-18-14(12)19-11-20-15/h2,6,11H,1,3-4,7-10H2,(H,18,19,20). The van der Waals surface area contributed by atoms with Gasteiger partial charge in [-0.15, -0.1) is 0 Å². The number of carbonyl (C=O) groups is 1. The summed E-state index contributed by atoms with van der Waals surface area (Å²) in [7, 11) is 0. The van der Waals surface area contributed by atoms with Crippen molar-refractivity contribution >= 4 is 22.8 Å². The van der Waals surface area contributed by atoms with E-state index in [1.807, 2.05) is 23.2 Å². The second kappa shape index (κ2) is 5.23. The summed E-state index contributed by atoms with van der Waals surface area (Å²) < 4.78 is 0. The van der Waals surface area contributed by atoms with Gasteiger partial charge in [-0.3, -0.25) is 4.79 Å². The van der Waals surface area contributed by atoms with E-state index >= 15 is 0 Å². The average Bonchev–Trinajstić information content (AvgIpc) is 3.28. The van der Waals surface area contributed by atoms with Crippen molar-refractivity contribution in [3.05, 3.63) is 18.6 Å². The Bertz CT molecular complexity index is 793. The molecule has 0 bridgehead atoms. The van der Waals surface area contributed by atoms with Crippen molar-refractivity contribution in [2.24, 2.45) is 5.41 Å². The first kappa shape index (κ1) is 14.0. The Morgan fingerprint density at radius 3 is 3.09 bits per heavy atom. The van der Waals surface area contributed by atoms with Gasteiger partial charge in [0, 0.05) is 37.8 Å². The van der Waals surface area contributed by atoms with E-state index in [2.05, 4.69) is 19.9 Å². The normalized spacial score (nSPS) is 23.8. The van der Waals surface area contributed by atoms with Gasteiger partial charge in [0.05, 0.1) is 11.5 Å². The lowest BCUT2D eigenvalue weighted by Gasteiger charge is -2.25. The maximum atomic E-state index is 11.9. The highest BCUT2D eigenvalue weighted by Gasteiger charge is 2.45. The molecule has 2 aliphatic rings.